The molecular formula is C16H23N3O2S. The van der Waals surface area contributed by atoms with Gasteiger partial charge in [-0.05, 0) is 50.6 Å². The maximum Gasteiger partial charge on any atom is 0.220 e. The van der Waals surface area contributed by atoms with Gasteiger partial charge >= 0.3 is 0 Å². The van der Waals surface area contributed by atoms with Gasteiger partial charge in [0, 0.05) is 23.0 Å². The first-order valence-corrected chi connectivity index (χ1v) is 8.36. The van der Waals surface area contributed by atoms with E-state index in [1.54, 1.807) is 0 Å². The number of aliphatic hydroxyl groups is 1. The van der Waals surface area contributed by atoms with Crippen molar-refractivity contribution in [1.82, 2.24) is 15.5 Å². The highest BCUT2D eigenvalue weighted by Crippen LogP contribution is 2.22. The van der Waals surface area contributed by atoms with Crippen molar-refractivity contribution in [2.45, 2.75) is 52.2 Å². The highest BCUT2D eigenvalue weighted by molar-refractivity contribution is 7.10. The fraction of sp³-hybridized carbons (Fsp3) is 0.500. The van der Waals surface area contributed by atoms with E-state index in [0.29, 0.717) is 19.3 Å². The van der Waals surface area contributed by atoms with Gasteiger partial charge in [-0.2, -0.15) is 5.10 Å². The molecule has 6 heteroatoms. The standard InChI is InChI=1S/C16H23N3O2S/c1-10(9-14(20)15-5-4-8-22-15)17-16(21)7-6-13-11(2)18-19-12(13)3/h4-5,8,10,14,20H,6-7,9H2,1-3H3,(H,17,21)(H,18,19). The Hall–Kier alpha value is -1.66. The average molecular weight is 321 g/mol. The van der Waals surface area contributed by atoms with Crippen molar-refractivity contribution in [2.75, 3.05) is 0 Å². The Kier molecular flexibility index (Phi) is 5.74. The second-order valence-corrected chi connectivity index (χ2v) is 6.63. The van der Waals surface area contributed by atoms with Crippen LogP contribution in [0, 0.1) is 13.8 Å². The maximum absolute atomic E-state index is 12.0. The fourth-order valence-corrected chi connectivity index (χ4v) is 3.24. The van der Waals surface area contributed by atoms with Gasteiger partial charge in [0.15, 0.2) is 0 Å². The second kappa shape index (κ2) is 7.56. The minimum atomic E-state index is -0.520. The van der Waals surface area contributed by atoms with Gasteiger partial charge in [-0.1, -0.05) is 6.07 Å². The third kappa shape index (κ3) is 4.42. The molecule has 120 valence electrons. The molecule has 2 heterocycles. The molecule has 0 spiro atoms. The average Bonchev–Trinajstić information content (AvgIpc) is 3.08. The Morgan fingerprint density at radius 1 is 1.50 bits per heavy atom. The molecule has 0 saturated carbocycles. The lowest BCUT2D eigenvalue weighted by Crippen LogP contribution is -2.33. The Morgan fingerprint density at radius 2 is 2.27 bits per heavy atom. The van der Waals surface area contributed by atoms with Crippen LogP contribution in [-0.2, 0) is 11.2 Å². The van der Waals surface area contributed by atoms with Crippen molar-refractivity contribution in [3.05, 3.63) is 39.3 Å². The molecule has 2 unspecified atom stereocenters. The van der Waals surface area contributed by atoms with Crippen LogP contribution in [0.4, 0.5) is 0 Å². The zero-order valence-corrected chi connectivity index (χ0v) is 14.0. The lowest BCUT2D eigenvalue weighted by atomic mass is 10.1. The van der Waals surface area contributed by atoms with Crippen molar-refractivity contribution in [3.8, 4) is 0 Å². The molecule has 0 aliphatic heterocycles. The number of carbonyl (C=O) groups is 1. The topological polar surface area (TPSA) is 78.0 Å². The molecule has 0 radical (unpaired) electrons. The normalized spacial score (nSPS) is 13.8. The zero-order chi connectivity index (χ0) is 16.1. The summed E-state index contributed by atoms with van der Waals surface area (Å²) in [6, 6.07) is 3.77. The number of nitrogens with zero attached hydrogens (tertiary/aromatic N) is 1. The van der Waals surface area contributed by atoms with Crippen LogP contribution in [0.1, 0.15) is 47.7 Å². The van der Waals surface area contributed by atoms with E-state index in [4.69, 9.17) is 0 Å². The van der Waals surface area contributed by atoms with Gasteiger partial charge in [-0.3, -0.25) is 9.89 Å². The molecule has 0 aliphatic rings. The number of H-pyrrole nitrogens is 1. The van der Waals surface area contributed by atoms with Crippen LogP contribution in [0.15, 0.2) is 17.5 Å². The van der Waals surface area contributed by atoms with E-state index in [-0.39, 0.29) is 11.9 Å². The number of aliphatic hydroxyl groups excluding tert-OH is 1. The second-order valence-electron chi connectivity index (χ2n) is 5.65. The largest absolute Gasteiger partial charge is 0.387 e. The smallest absolute Gasteiger partial charge is 0.220 e. The number of thiophene rings is 1. The summed E-state index contributed by atoms with van der Waals surface area (Å²) >= 11 is 1.53. The maximum atomic E-state index is 12.0. The lowest BCUT2D eigenvalue weighted by Gasteiger charge is -2.17. The van der Waals surface area contributed by atoms with Gasteiger partial charge in [0.2, 0.25) is 5.91 Å². The number of aromatic nitrogens is 2. The van der Waals surface area contributed by atoms with E-state index in [2.05, 4.69) is 15.5 Å². The molecule has 2 aromatic heterocycles. The van der Waals surface area contributed by atoms with Gasteiger partial charge in [0.25, 0.3) is 0 Å². The number of nitrogens with one attached hydrogen (secondary N) is 2. The summed E-state index contributed by atoms with van der Waals surface area (Å²) in [6.07, 6.45) is 1.12. The van der Waals surface area contributed by atoms with Gasteiger partial charge in [0.05, 0.1) is 11.8 Å². The van der Waals surface area contributed by atoms with Crippen LogP contribution in [-0.4, -0.2) is 27.3 Å². The van der Waals surface area contributed by atoms with Crippen LogP contribution in [0.25, 0.3) is 0 Å². The summed E-state index contributed by atoms with van der Waals surface area (Å²) in [5, 5.41) is 22.0. The van der Waals surface area contributed by atoms with Gasteiger partial charge in [-0.15, -0.1) is 11.3 Å². The van der Waals surface area contributed by atoms with Crippen molar-refractivity contribution < 1.29 is 9.90 Å². The first-order chi connectivity index (χ1) is 10.5. The number of rotatable bonds is 7. The summed E-state index contributed by atoms with van der Waals surface area (Å²) in [5.41, 5.74) is 3.08. The molecule has 1 amide bonds. The Balaban J connectivity index is 1.77. The van der Waals surface area contributed by atoms with Gasteiger partial charge in [-0.25, -0.2) is 0 Å². The molecule has 5 nitrogen and oxygen atoms in total. The number of aromatic amines is 1. The van der Waals surface area contributed by atoms with E-state index in [1.807, 2.05) is 38.3 Å². The molecule has 0 aromatic carbocycles. The van der Waals surface area contributed by atoms with Crippen LogP contribution in [0.5, 0.6) is 0 Å². The minimum Gasteiger partial charge on any atom is -0.387 e. The van der Waals surface area contributed by atoms with E-state index in [0.717, 1.165) is 21.8 Å². The Labute approximate surface area is 134 Å². The summed E-state index contributed by atoms with van der Waals surface area (Å²) < 4.78 is 0. The molecule has 0 bridgehead atoms. The molecule has 2 atom stereocenters. The Bertz CT molecular complexity index is 587. The summed E-state index contributed by atoms with van der Waals surface area (Å²) in [7, 11) is 0. The number of carbonyl (C=O) groups excluding carboxylic acids is 1. The SMILES string of the molecule is Cc1n[nH]c(C)c1CCC(=O)NC(C)CC(O)c1cccs1. The summed E-state index contributed by atoms with van der Waals surface area (Å²) in [4.78, 5) is 13.0. The molecule has 2 aromatic rings. The fourth-order valence-electron chi connectivity index (χ4n) is 2.52. The van der Waals surface area contributed by atoms with Gasteiger partial charge < -0.3 is 10.4 Å². The third-order valence-corrected chi connectivity index (χ3v) is 4.71. The molecule has 22 heavy (non-hydrogen) atoms. The van der Waals surface area contributed by atoms with Crippen molar-refractivity contribution in [1.29, 1.82) is 0 Å². The Morgan fingerprint density at radius 3 is 2.86 bits per heavy atom. The van der Waals surface area contributed by atoms with Crippen molar-refractivity contribution in [2.24, 2.45) is 0 Å². The van der Waals surface area contributed by atoms with E-state index in [9.17, 15) is 9.90 Å². The van der Waals surface area contributed by atoms with E-state index < -0.39 is 6.10 Å². The quantitative estimate of drug-likeness (QED) is 0.733. The predicted octanol–water partition coefficient (Wildman–Crippen LogP) is 2.65. The number of hydrogen-bond acceptors (Lipinski definition) is 4. The molecule has 0 saturated heterocycles. The molecule has 2 rings (SSSR count). The van der Waals surface area contributed by atoms with Gasteiger partial charge in [0.1, 0.15) is 0 Å². The van der Waals surface area contributed by atoms with Crippen LogP contribution >= 0.6 is 11.3 Å². The minimum absolute atomic E-state index is 0.00544. The molecule has 0 fully saturated rings. The zero-order valence-electron chi connectivity index (χ0n) is 13.2. The summed E-state index contributed by atoms with van der Waals surface area (Å²) in [5.74, 6) is 0.00544. The highest BCUT2D eigenvalue weighted by atomic mass is 32.1. The van der Waals surface area contributed by atoms with E-state index in [1.165, 1.54) is 11.3 Å². The van der Waals surface area contributed by atoms with Crippen molar-refractivity contribution in [3.63, 3.8) is 0 Å². The van der Waals surface area contributed by atoms with Crippen LogP contribution in [0.2, 0.25) is 0 Å². The van der Waals surface area contributed by atoms with Crippen LogP contribution in [0.3, 0.4) is 0 Å². The predicted molar refractivity (Wildman–Crippen MR) is 87.9 cm³/mol. The van der Waals surface area contributed by atoms with Crippen molar-refractivity contribution >= 4 is 17.2 Å². The third-order valence-electron chi connectivity index (χ3n) is 3.74. The number of hydrogen-bond donors (Lipinski definition) is 3. The monoisotopic (exact) mass is 321 g/mol. The first kappa shape index (κ1) is 16.7. The number of amides is 1. The molecule has 3 N–H and O–H groups in total. The lowest BCUT2D eigenvalue weighted by molar-refractivity contribution is -0.121. The van der Waals surface area contributed by atoms with Crippen LogP contribution < -0.4 is 5.32 Å². The molecule has 0 aliphatic carbocycles. The molecular weight excluding hydrogens is 298 g/mol. The highest BCUT2D eigenvalue weighted by Gasteiger charge is 2.16. The number of aryl methyl sites for hydroxylation is 2. The first-order valence-electron chi connectivity index (χ1n) is 7.48. The van der Waals surface area contributed by atoms with E-state index >= 15 is 0 Å². The summed E-state index contributed by atoms with van der Waals surface area (Å²) in [6.45, 7) is 5.83.